The third-order valence-electron chi connectivity index (χ3n) is 6.00. The molecular weight excluding hydrogens is 330 g/mol. The summed E-state index contributed by atoms with van der Waals surface area (Å²) in [6.07, 6.45) is 20.1. The standard InChI is InChI=1S/C25H36NO/c1-26(2,19-9-15-22-11-5-3-6-12-22)25(24-17-18-24)16-10-20-27-21-23-13-7-4-8-14-23/h4-5,7-8,10-14,20,24-25H,3,6,9,15-19,21H2,1-2H3/q+1/b20-10+. The van der Waals surface area contributed by atoms with E-state index >= 15 is 0 Å². The third-order valence-corrected chi connectivity index (χ3v) is 6.00. The monoisotopic (exact) mass is 366 g/mol. The lowest BCUT2D eigenvalue weighted by atomic mass is 10.0. The number of quaternary nitrogens is 1. The lowest BCUT2D eigenvalue weighted by molar-refractivity contribution is -0.917. The SMILES string of the molecule is C[N+](C)(CCCC1=CCCC=C1)C(C/C=C/OCc1ccccc1)C1CC1. The van der Waals surface area contributed by atoms with Crippen molar-refractivity contribution in [3.05, 3.63) is 72.0 Å². The Morgan fingerprint density at radius 3 is 2.67 bits per heavy atom. The zero-order valence-electron chi connectivity index (χ0n) is 17.1. The van der Waals surface area contributed by atoms with Gasteiger partial charge >= 0.3 is 0 Å². The van der Waals surface area contributed by atoms with Crippen molar-refractivity contribution in [2.75, 3.05) is 20.6 Å². The van der Waals surface area contributed by atoms with Gasteiger partial charge in [-0.3, -0.25) is 0 Å². The number of benzene rings is 1. The van der Waals surface area contributed by atoms with Gasteiger partial charge < -0.3 is 9.22 Å². The lowest BCUT2D eigenvalue weighted by Gasteiger charge is -2.38. The topological polar surface area (TPSA) is 9.23 Å². The quantitative estimate of drug-likeness (QED) is 0.344. The van der Waals surface area contributed by atoms with Crippen LogP contribution in [-0.4, -0.2) is 31.2 Å². The van der Waals surface area contributed by atoms with Crippen LogP contribution in [0.5, 0.6) is 0 Å². The van der Waals surface area contributed by atoms with Gasteiger partial charge in [-0.15, -0.1) is 0 Å². The van der Waals surface area contributed by atoms with Crippen LogP contribution in [-0.2, 0) is 11.3 Å². The van der Waals surface area contributed by atoms with Crippen LogP contribution in [0, 0.1) is 5.92 Å². The summed E-state index contributed by atoms with van der Waals surface area (Å²) < 4.78 is 6.87. The maximum Gasteiger partial charge on any atom is 0.112 e. The van der Waals surface area contributed by atoms with Crippen LogP contribution in [0.4, 0.5) is 0 Å². The molecule has 0 N–H and O–H groups in total. The van der Waals surface area contributed by atoms with E-state index < -0.39 is 0 Å². The van der Waals surface area contributed by atoms with Gasteiger partial charge in [0.25, 0.3) is 0 Å². The first-order valence-corrected chi connectivity index (χ1v) is 10.6. The molecule has 0 aromatic heterocycles. The Labute approximate surface area is 165 Å². The van der Waals surface area contributed by atoms with Gasteiger partial charge in [0.2, 0.25) is 0 Å². The highest BCUT2D eigenvalue weighted by Crippen LogP contribution is 2.39. The van der Waals surface area contributed by atoms with Crippen molar-refractivity contribution in [2.24, 2.45) is 5.92 Å². The molecule has 0 saturated heterocycles. The predicted molar refractivity (Wildman–Crippen MR) is 114 cm³/mol. The van der Waals surface area contributed by atoms with E-state index in [4.69, 9.17) is 4.74 Å². The molecule has 1 unspecified atom stereocenters. The zero-order valence-corrected chi connectivity index (χ0v) is 17.1. The van der Waals surface area contributed by atoms with Gasteiger partial charge in [-0.1, -0.05) is 54.1 Å². The van der Waals surface area contributed by atoms with E-state index in [0.29, 0.717) is 6.61 Å². The molecule has 0 heterocycles. The molecule has 2 nitrogen and oxygen atoms in total. The van der Waals surface area contributed by atoms with Crippen LogP contribution in [0.2, 0.25) is 0 Å². The molecule has 0 amide bonds. The molecule has 0 aliphatic heterocycles. The van der Waals surface area contributed by atoms with E-state index in [1.54, 1.807) is 5.57 Å². The maximum atomic E-state index is 5.74. The summed E-state index contributed by atoms with van der Waals surface area (Å²) in [6, 6.07) is 11.1. The van der Waals surface area contributed by atoms with Crippen LogP contribution in [0.25, 0.3) is 0 Å². The van der Waals surface area contributed by atoms with Crippen LogP contribution in [0.3, 0.4) is 0 Å². The van der Waals surface area contributed by atoms with Gasteiger partial charge in [-0.2, -0.15) is 0 Å². The van der Waals surface area contributed by atoms with Gasteiger partial charge in [0, 0.05) is 18.8 Å². The van der Waals surface area contributed by atoms with Crippen molar-refractivity contribution in [3.63, 3.8) is 0 Å². The molecule has 2 aliphatic carbocycles. The van der Waals surface area contributed by atoms with E-state index in [-0.39, 0.29) is 0 Å². The predicted octanol–water partition coefficient (Wildman–Crippen LogP) is 6.02. The van der Waals surface area contributed by atoms with Crippen LogP contribution >= 0.6 is 0 Å². The summed E-state index contributed by atoms with van der Waals surface area (Å²) in [5, 5.41) is 0. The van der Waals surface area contributed by atoms with Crippen molar-refractivity contribution >= 4 is 0 Å². The Bertz CT molecular complexity index is 652. The molecule has 1 atom stereocenters. The van der Waals surface area contributed by atoms with Gasteiger partial charge in [0.15, 0.2) is 0 Å². The maximum absolute atomic E-state index is 5.74. The third kappa shape index (κ3) is 6.70. The minimum atomic E-state index is 0.659. The van der Waals surface area contributed by atoms with Crippen molar-refractivity contribution in [1.29, 1.82) is 0 Å². The molecule has 27 heavy (non-hydrogen) atoms. The first-order chi connectivity index (χ1) is 13.1. The van der Waals surface area contributed by atoms with Crippen LogP contribution in [0.1, 0.15) is 50.5 Å². The van der Waals surface area contributed by atoms with E-state index in [1.165, 1.54) is 50.6 Å². The summed E-state index contributed by atoms with van der Waals surface area (Å²) in [4.78, 5) is 0. The summed E-state index contributed by atoms with van der Waals surface area (Å²) >= 11 is 0. The molecule has 1 fully saturated rings. The molecule has 2 aliphatic rings. The molecular formula is C25H36NO+. The molecule has 1 aromatic carbocycles. The first kappa shape index (κ1) is 19.9. The van der Waals surface area contributed by atoms with Gasteiger partial charge in [0.05, 0.1) is 32.9 Å². The lowest BCUT2D eigenvalue weighted by Crippen LogP contribution is -2.50. The molecule has 0 spiro atoms. The second-order valence-corrected chi connectivity index (χ2v) is 8.67. The highest BCUT2D eigenvalue weighted by molar-refractivity contribution is 5.21. The van der Waals surface area contributed by atoms with Crippen molar-refractivity contribution in [3.8, 4) is 0 Å². The number of hydrogen-bond donors (Lipinski definition) is 0. The van der Waals surface area contributed by atoms with Gasteiger partial charge in [-0.25, -0.2) is 0 Å². The zero-order chi connectivity index (χ0) is 19.0. The Kier molecular flexibility index (Phi) is 7.34. The van der Waals surface area contributed by atoms with E-state index in [0.717, 1.165) is 22.9 Å². The molecule has 0 radical (unpaired) electrons. The van der Waals surface area contributed by atoms with E-state index in [1.807, 2.05) is 12.3 Å². The fourth-order valence-electron chi connectivity index (χ4n) is 4.22. The van der Waals surface area contributed by atoms with Gasteiger partial charge in [-0.05, 0) is 43.7 Å². The molecule has 1 aromatic rings. The average molecular weight is 367 g/mol. The second kappa shape index (κ2) is 9.94. The highest BCUT2D eigenvalue weighted by atomic mass is 16.5. The number of ether oxygens (including phenoxy) is 1. The minimum absolute atomic E-state index is 0.659. The van der Waals surface area contributed by atoms with Gasteiger partial charge in [0.1, 0.15) is 6.61 Å². The molecule has 0 bridgehead atoms. The number of nitrogens with zero attached hydrogens (tertiary/aromatic N) is 1. The van der Waals surface area contributed by atoms with Crippen molar-refractivity contribution in [1.82, 2.24) is 0 Å². The molecule has 3 rings (SSSR count). The van der Waals surface area contributed by atoms with Crippen LogP contribution < -0.4 is 0 Å². The Balaban J connectivity index is 1.43. The minimum Gasteiger partial charge on any atom is -0.497 e. The van der Waals surface area contributed by atoms with Crippen molar-refractivity contribution < 1.29 is 9.22 Å². The van der Waals surface area contributed by atoms with E-state index in [2.05, 4.69) is 62.7 Å². The smallest absolute Gasteiger partial charge is 0.112 e. The Hall–Kier alpha value is -1.80. The van der Waals surface area contributed by atoms with Crippen molar-refractivity contribution in [2.45, 2.75) is 57.6 Å². The summed E-state index contributed by atoms with van der Waals surface area (Å²) in [5.74, 6) is 0.896. The average Bonchev–Trinajstić information content (AvgIpc) is 3.51. The molecule has 2 heteroatoms. The molecule has 1 saturated carbocycles. The largest absolute Gasteiger partial charge is 0.497 e. The fourth-order valence-corrected chi connectivity index (χ4v) is 4.22. The summed E-state index contributed by atoms with van der Waals surface area (Å²) in [5.41, 5.74) is 2.77. The summed E-state index contributed by atoms with van der Waals surface area (Å²) in [6.45, 7) is 1.91. The number of hydrogen-bond acceptors (Lipinski definition) is 1. The Morgan fingerprint density at radius 1 is 1.15 bits per heavy atom. The normalized spacial score (nSPS) is 18.5. The Morgan fingerprint density at radius 2 is 1.96 bits per heavy atom. The number of rotatable bonds is 11. The van der Waals surface area contributed by atoms with E-state index in [9.17, 15) is 0 Å². The molecule has 146 valence electrons. The number of allylic oxidation sites excluding steroid dienone is 4. The van der Waals surface area contributed by atoms with Crippen LogP contribution in [0.15, 0.2) is 66.5 Å². The second-order valence-electron chi connectivity index (χ2n) is 8.67. The highest BCUT2D eigenvalue weighted by Gasteiger charge is 2.40. The summed E-state index contributed by atoms with van der Waals surface area (Å²) in [7, 11) is 4.85. The first-order valence-electron chi connectivity index (χ1n) is 10.6. The fraction of sp³-hybridized carbons (Fsp3) is 0.520.